The van der Waals surface area contributed by atoms with E-state index in [2.05, 4.69) is 23.4 Å². The minimum atomic E-state index is -5.75. The van der Waals surface area contributed by atoms with Crippen molar-refractivity contribution in [3.8, 4) is 0 Å². The molecule has 6 unspecified atom stereocenters. The number of hydrogen-bond donors (Lipinski definition) is 7. The van der Waals surface area contributed by atoms with Gasteiger partial charge in [0.1, 0.15) is 12.0 Å². The van der Waals surface area contributed by atoms with Crippen molar-refractivity contribution in [2.45, 2.75) is 24.9 Å². The van der Waals surface area contributed by atoms with Gasteiger partial charge in [-0.2, -0.15) is 13.6 Å². The number of anilines is 1. The average molecular weight is 522 g/mol. The number of nitrogens with zero attached hydrogens (tertiary/aromatic N) is 2. The summed E-state index contributed by atoms with van der Waals surface area (Å²) in [4.78, 5) is 51.8. The lowest BCUT2D eigenvalue weighted by Crippen LogP contribution is -2.46. The van der Waals surface area contributed by atoms with Crippen LogP contribution in [0.1, 0.15) is 13.2 Å². The second-order valence-corrected chi connectivity index (χ2v) is 10.9. The van der Waals surface area contributed by atoms with Crippen LogP contribution in [0, 0.1) is 11.3 Å². The molecule has 6 atom stereocenters. The molecule has 1 aromatic rings. The molecule has 1 saturated heterocycles. The second kappa shape index (κ2) is 9.50. The van der Waals surface area contributed by atoms with Crippen LogP contribution in [0.15, 0.2) is 17.1 Å². The van der Waals surface area contributed by atoms with Crippen molar-refractivity contribution < 1.29 is 56.3 Å². The summed E-state index contributed by atoms with van der Waals surface area (Å²) in [6.45, 7) is 0.350. The minimum absolute atomic E-state index is 0.253. The summed E-state index contributed by atoms with van der Waals surface area (Å²) in [7, 11) is -15.3. The van der Waals surface area contributed by atoms with Crippen LogP contribution in [0.4, 0.5) is 5.82 Å². The van der Waals surface area contributed by atoms with Gasteiger partial charge in [-0.15, -0.1) is 0 Å². The van der Waals surface area contributed by atoms with E-state index in [1.54, 1.807) is 0 Å². The number of ether oxygens (including phenoxy) is 1. The fourth-order valence-electron chi connectivity index (χ4n) is 2.82. The summed E-state index contributed by atoms with van der Waals surface area (Å²) in [5.41, 5.74) is -2.88. The number of phosphoric acid groups is 3. The minimum Gasteiger partial charge on any atom is -0.389 e. The largest absolute Gasteiger partial charge is 0.490 e. The number of phosphoric ester groups is 1. The first-order valence-corrected chi connectivity index (χ1v) is 13.0. The molecule has 1 aromatic heterocycles. The van der Waals surface area contributed by atoms with E-state index in [0.29, 0.717) is 6.21 Å². The highest BCUT2D eigenvalue weighted by Crippen LogP contribution is 2.66. The van der Waals surface area contributed by atoms with Crippen LogP contribution >= 0.6 is 23.5 Å². The number of nitrogens with one attached hydrogen (secondary N) is 2. The molecule has 2 rings (SSSR count). The fraction of sp³-hybridized carbons (Fsp3) is 0.583. The van der Waals surface area contributed by atoms with Crippen molar-refractivity contribution in [2.75, 3.05) is 19.0 Å². The first-order valence-electron chi connectivity index (χ1n) is 8.47. The van der Waals surface area contributed by atoms with Gasteiger partial charge in [-0.3, -0.25) is 9.09 Å². The standard InChI is InChI=1S/C12H21N4O13P3/c1-7-9(17)12(5-13,27-10(7)16-4-3-8(14-2)15-11(16)18)6-26-31(22,23)29-32(24,25)28-30(19,20)21/h3-5,7,9-10,13,17H,6H2,1-2H3,(H,22,23)(H,24,25)(H,14,15,18)(H2,19,20,21). The molecule has 1 fully saturated rings. The van der Waals surface area contributed by atoms with Gasteiger partial charge >= 0.3 is 29.2 Å². The van der Waals surface area contributed by atoms with Crippen molar-refractivity contribution in [1.82, 2.24) is 9.55 Å². The topological polar surface area (TPSA) is 260 Å². The first kappa shape index (κ1) is 26.9. The smallest absolute Gasteiger partial charge is 0.389 e. The third-order valence-electron chi connectivity index (χ3n) is 4.26. The van der Waals surface area contributed by atoms with Gasteiger partial charge in [0.2, 0.25) is 0 Å². The van der Waals surface area contributed by atoms with E-state index < -0.39 is 59.6 Å². The molecule has 0 spiro atoms. The van der Waals surface area contributed by atoms with Crippen LogP contribution in [-0.4, -0.2) is 65.8 Å². The molecule has 2 heterocycles. The predicted octanol–water partition coefficient (Wildman–Crippen LogP) is -0.458. The van der Waals surface area contributed by atoms with Crippen molar-refractivity contribution in [3.63, 3.8) is 0 Å². The molecule has 0 amide bonds. The normalized spacial score (nSPS) is 29.8. The zero-order valence-corrected chi connectivity index (χ0v) is 19.1. The van der Waals surface area contributed by atoms with Crippen molar-refractivity contribution in [2.24, 2.45) is 5.92 Å². The highest BCUT2D eigenvalue weighted by Gasteiger charge is 2.54. The zero-order chi connectivity index (χ0) is 24.5. The molecular weight excluding hydrogens is 501 g/mol. The van der Waals surface area contributed by atoms with Gasteiger partial charge in [-0.1, -0.05) is 6.92 Å². The summed E-state index contributed by atoms with van der Waals surface area (Å²) in [5, 5.41) is 20.8. The molecule has 0 bridgehead atoms. The Balaban J connectivity index is 2.22. The quantitative estimate of drug-likeness (QED) is 0.151. The maximum Gasteiger partial charge on any atom is 0.490 e. The van der Waals surface area contributed by atoms with Crippen LogP contribution in [-0.2, 0) is 31.6 Å². The number of aliphatic hydroxyl groups is 1. The number of aromatic nitrogens is 2. The van der Waals surface area contributed by atoms with E-state index in [1.165, 1.54) is 26.2 Å². The zero-order valence-electron chi connectivity index (χ0n) is 16.4. The fourth-order valence-corrected chi connectivity index (χ4v) is 5.88. The molecule has 20 heteroatoms. The van der Waals surface area contributed by atoms with E-state index in [9.17, 15) is 33.4 Å². The maximum atomic E-state index is 12.2. The summed E-state index contributed by atoms with van der Waals surface area (Å²) in [6, 6.07) is 1.43. The van der Waals surface area contributed by atoms with E-state index in [-0.39, 0.29) is 5.82 Å². The van der Waals surface area contributed by atoms with Gasteiger partial charge in [-0.25, -0.2) is 18.5 Å². The van der Waals surface area contributed by atoms with Gasteiger partial charge in [-0.05, 0) is 6.07 Å². The Morgan fingerprint density at radius 2 is 1.91 bits per heavy atom. The average Bonchev–Trinajstić information content (AvgIpc) is 2.89. The molecular formula is C12H21N4O13P3. The van der Waals surface area contributed by atoms with Crippen LogP contribution in [0.5, 0.6) is 0 Å². The molecule has 0 aromatic carbocycles. The lowest BCUT2D eigenvalue weighted by Gasteiger charge is -2.28. The van der Waals surface area contributed by atoms with E-state index >= 15 is 0 Å². The summed E-state index contributed by atoms with van der Waals surface area (Å²) in [6.07, 6.45) is -0.938. The molecule has 182 valence electrons. The van der Waals surface area contributed by atoms with E-state index in [0.717, 1.165) is 4.57 Å². The Hall–Kier alpha value is -1.32. The Bertz CT molecular complexity index is 1060. The molecule has 7 N–H and O–H groups in total. The SMILES string of the molecule is CNc1ccn(C2OC(C=N)(COP(=O)(O)OP(=O)(O)OP(=O)(O)O)C(O)C2C)c(=O)n1. The number of rotatable bonds is 10. The Morgan fingerprint density at radius 3 is 2.41 bits per heavy atom. The maximum absolute atomic E-state index is 12.2. The van der Waals surface area contributed by atoms with Gasteiger partial charge in [0.25, 0.3) is 0 Å². The predicted molar refractivity (Wildman–Crippen MR) is 105 cm³/mol. The van der Waals surface area contributed by atoms with Gasteiger partial charge in [0.15, 0.2) is 5.60 Å². The third kappa shape index (κ3) is 6.38. The van der Waals surface area contributed by atoms with Crippen LogP contribution < -0.4 is 11.0 Å². The summed E-state index contributed by atoms with van der Waals surface area (Å²) >= 11 is 0. The second-order valence-electron chi connectivity index (χ2n) is 6.53. The highest BCUT2D eigenvalue weighted by molar-refractivity contribution is 7.66. The molecule has 0 saturated carbocycles. The van der Waals surface area contributed by atoms with Crippen molar-refractivity contribution in [1.29, 1.82) is 5.41 Å². The third-order valence-corrected chi connectivity index (χ3v) is 8.05. The lowest BCUT2D eigenvalue weighted by atomic mass is 9.92. The van der Waals surface area contributed by atoms with Crippen LogP contribution in [0.25, 0.3) is 0 Å². The van der Waals surface area contributed by atoms with Crippen LogP contribution in [0.2, 0.25) is 0 Å². The molecule has 1 aliphatic heterocycles. The summed E-state index contributed by atoms with van der Waals surface area (Å²) in [5.74, 6) is -0.621. The van der Waals surface area contributed by atoms with Gasteiger partial charge in [0.05, 0.1) is 12.7 Å². The number of aliphatic hydroxyl groups excluding tert-OH is 1. The Kier molecular flexibility index (Phi) is 8.00. The molecule has 32 heavy (non-hydrogen) atoms. The summed E-state index contributed by atoms with van der Waals surface area (Å²) < 4.78 is 52.3. The molecule has 1 aliphatic rings. The van der Waals surface area contributed by atoms with Crippen molar-refractivity contribution >= 4 is 35.5 Å². The molecule has 17 nitrogen and oxygen atoms in total. The number of hydrogen-bond acceptors (Lipinski definition) is 12. The lowest BCUT2D eigenvalue weighted by molar-refractivity contribution is -0.0811. The van der Waals surface area contributed by atoms with Crippen LogP contribution in [0.3, 0.4) is 0 Å². The first-order chi connectivity index (χ1) is 14.5. The van der Waals surface area contributed by atoms with Gasteiger partial charge in [0, 0.05) is 25.4 Å². The van der Waals surface area contributed by atoms with Crippen molar-refractivity contribution in [3.05, 3.63) is 22.7 Å². The Morgan fingerprint density at radius 1 is 1.28 bits per heavy atom. The van der Waals surface area contributed by atoms with Gasteiger partial charge < -0.3 is 40.1 Å². The Labute approximate surface area is 179 Å². The highest BCUT2D eigenvalue weighted by atomic mass is 31.3. The van der Waals surface area contributed by atoms with E-state index in [4.69, 9.17) is 19.9 Å². The van der Waals surface area contributed by atoms with E-state index in [1.807, 2.05) is 0 Å². The monoisotopic (exact) mass is 522 g/mol. The molecule has 0 aliphatic carbocycles. The molecule has 0 radical (unpaired) electrons.